The Morgan fingerprint density at radius 1 is 1.18 bits per heavy atom. The van der Waals surface area contributed by atoms with Crippen LogP contribution in [0.3, 0.4) is 0 Å². The predicted molar refractivity (Wildman–Crippen MR) is 115 cm³/mol. The summed E-state index contributed by atoms with van der Waals surface area (Å²) in [5.74, 6) is 1.65. The van der Waals surface area contributed by atoms with Crippen LogP contribution in [0.15, 0.2) is 30.3 Å². The number of aromatic nitrogens is 1. The van der Waals surface area contributed by atoms with Crippen molar-refractivity contribution in [1.82, 2.24) is 15.2 Å². The van der Waals surface area contributed by atoms with Gasteiger partial charge in [0.2, 0.25) is 0 Å². The molecule has 1 amide bonds. The second-order valence-corrected chi connectivity index (χ2v) is 8.40. The van der Waals surface area contributed by atoms with Crippen molar-refractivity contribution in [3.8, 4) is 0 Å². The molecule has 2 aliphatic rings. The maximum atomic E-state index is 13.0. The lowest BCUT2D eigenvalue weighted by Crippen LogP contribution is -2.36. The average Bonchev–Trinajstić information content (AvgIpc) is 3.25. The van der Waals surface area contributed by atoms with Gasteiger partial charge < -0.3 is 15.1 Å². The second kappa shape index (κ2) is 8.91. The number of piperidine rings is 1. The number of nitrogens with one attached hydrogen (secondary N) is 1. The number of hydrogen-bond acceptors (Lipinski definition) is 4. The molecule has 2 fully saturated rings. The van der Waals surface area contributed by atoms with Gasteiger partial charge in [0.15, 0.2) is 0 Å². The van der Waals surface area contributed by atoms with Crippen molar-refractivity contribution in [3.63, 3.8) is 0 Å². The number of carbonyl (C=O) groups is 1. The van der Waals surface area contributed by atoms with Crippen LogP contribution in [0.25, 0.3) is 10.9 Å². The van der Waals surface area contributed by atoms with Crippen molar-refractivity contribution in [2.75, 3.05) is 44.2 Å². The minimum Gasteiger partial charge on any atom is -0.356 e. The first-order valence-electron chi connectivity index (χ1n) is 10.9. The largest absolute Gasteiger partial charge is 0.356 e. The Morgan fingerprint density at radius 3 is 2.82 bits per heavy atom. The molecule has 0 aliphatic carbocycles. The first-order chi connectivity index (χ1) is 13.7. The summed E-state index contributed by atoms with van der Waals surface area (Å²) >= 11 is 0. The molecule has 0 bridgehead atoms. The molecule has 0 spiro atoms. The molecule has 2 saturated heterocycles. The number of amides is 1. The van der Waals surface area contributed by atoms with Gasteiger partial charge in [-0.3, -0.25) is 4.79 Å². The fourth-order valence-corrected chi connectivity index (χ4v) is 4.53. The molecule has 5 heteroatoms. The highest BCUT2D eigenvalue weighted by Crippen LogP contribution is 2.26. The lowest BCUT2D eigenvalue weighted by atomic mass is 10.0. The van der Waals surface area contributed by atoms with E-state index in [0.29, 0.717) is 5.56 Å². The number of anilines is 1. The van der Waals surface area contributed by atoms with Crippen molar-refractivity contribution in [1.29, 1.82) is 0 Å². The van der Waals surface area contributed by atoms with Gasteiger partial charge in [-0.2, -0.15) is 0 Å². The maximum absolute atomic E-state index is 13.0. The monoisotopic (exact) mass is 380 g/mol. The van der Waals surface area contributed by atoms with Gasteiger partial charge in [0.1, 0.15) is 5.82 Å². The van der Waals surface area contributed by atoms with Crippen LogP contribution < -0.4 is 10.2 Å². The summed E-state index contributed by atoms with van der Waals surface area (Å²) in [5.41, 5.74) is 1.67. The van der Waals surface area contributed by atoms with E-state index >= 15 is 0 Å². The summed E-state index contributed by atoms with van der Waals surface area (Å²) in [6.45, 7) is 8.49. The van der Waals surface area contributed by atoms with Gasteiger partial charge in [-0.1, -0.05) is 25.1 Å². The number of carbonyl (C=O) groups excluding carboxylic acids is 1. The van der Waals surface area contributed by atoms with Gasteiger partial charge in [-0.05, 0) is 63.2 Å². The van der Waals surface area contributed by atoms with Crippen LogP contribution >= 0.6 is 0 Å². The lowest BCUT2D eigenvalue weighted by molar-refractivity contribution is 0.0950. The molecule has 0 saturated carbocycles. The van der Waals surface area contributed by atoms with Gasteiger partial charge in [0.05, 0.1) is 11.1 Å². The van der Waals surface area contributed by atoms with Crippen LogP contribution in [0.5, 0.6) is 0 Å². The van der Waals surface area contributed by atoms with E-state index in [1.54, 1.807) is 0 Å². The Hall–Kier alpha value is -2.14. The van der Waals surface area contributed by atoms with E-state index in [9.17, 15) is 4.79 Å². The number of nitrogens with zero attached hydrogens (tertiary/aromatic N) is 3. The minimum atomic E-state index is 0.00663. The highest BCUT2D eigenvalue weighted by atomic mass is 16.1. The van der Waals surface area contributed by atoms with Crippen LogP contribution in [0, 0.1) is 5.92 Å². The standard InChI is InChI=1S/C23H32N4O/c1-18-8-6-12-26(17-18)13-7-11-24-23(28)20-16-19-9-2-3-10-21(19)25-22(20)27-14-4-5-15-27/h2-3,9-10,16,18H,4-8,11-15,17H2,1H3,(H,24,28). The molecule has 1 unspecified atom stereocenters. The normalized spacial score (nSPS) is 20.6. The summed E-state index contributed by atoms with van der Waals surface area (Å²) in [7, 11) is 0. The first kappa shape index (κ1) is 19.2. The number of fused-ring (bicyclic) bond motifs is 1. The Balaban J connectivity index is 1.41. The Bertz CT molecular complexity index is 815. The van der Waals surface area contributed by atoms with Crippen molar-refractivity contribution >= 4 is 22.6 Å². The van der Waals surface area contributed by atoms with Crippen molar-refractivity contribution in [2.45, 2.75) is 39.0 Å². The molecule has 150 valence electrons. The third kappa shape index (κ3) is 4.46. The van der Waals surface area contributed by atoms with E-state index in [1.165, 1.54) is 38.8 Å². The third-order valence-corrected chi connectivity index (χ3v) is 6.03. The van der Waals surface area contributed by atoms with Gasteiger partial charge in [0, 0.05) is 31.6 Å². The Labute approximate surface area is 168 Å². The van der Waals surface area contributed by atoms with E-state index in [4.69, 9.17) is 4.98 Å². The molecule has 1 atom stereocenters. The molecule has 1 aromatic heterocycles. The topological polar surface area (TPSA) is 48.5 Å². The zero-order valence-corrected chi connectivity index (χ0v) is 17.0. The summed E-state index contributed by atoms with van der Waals surface area (Å²) in [4.78, 5) is 22.6. The predicted octanol–water partition coefficient (Wildman–Crippen LogP) is 3.69. The molecular formula is C23H32N4O. The number of pyridine rings is 1. The molecule has 3 heterocycles. The number of likely N-dealkylation sites (tertiary alicyclic amines) is 1. The van der Waals surface area contributed by atoms with E-state index in [2.05, 4.69) is 22.0 Å². The SMILES string of the molecule is CC1CCCN(CCCNC(=O)c2cc3ccccc3nc2N2CCCC2)C1. The van der Waals surface area contributed by atoms with Crippen LogP contribution in [-0.4, -0.2) is 55.1 Å². The zero-order chi connectivity index (χ0) is 19.3. The molecule has 2 aliphatic heterocycles. The summed E-state index contributed by atoms with van der Waals surface area (Å²) < 4.78 is 0. The van der Waals surface area contributed by atoms with Crippen LogP contribution in [0.4, 0.5) is 5.82 Å². The number of para-hydroxylation sites is 1. The van der Waals surface area contributed by atoms with E-state index in [1.807, 2.05) is 30.3 Å². The molecule has 1 N–H and O–H groups in total. The minimum absolute atomic E-state index is 0.00663. The Morgan fingerprint density at radius 2 is 2.00 bits per heavy atom. The van der Waals surface area contributed by atoms with E-state index in [-0.39, 0.29) is 5.91 Å². The second-order valence-electron chi connectivity index (χ2n) is 8.40. The molecule has 4 rings (SSSR count). The van der Waals surface area contributed by atoms with Crippen molar-refractivity contribution in [3.05, 3.63) is 35.9 Å². The Kier molecular flexibility index (Phi) is 6.10. The van der Waals surface area contributed by atoms with Crippen LogP contribution in [0.2, 0.25) is 0 Å². The molecule has 28 heavy (non-hydrogen) atoms. The third-order valence-electron chi connectivity index (χ3n) is 6.03. The highest BCUT2D eigenvalue weighted by Gasteiger charge is 2.22. The molecular weight excluding hydrogens is 348 g/mol. The summed E-state index contributed by atoms with van der Waals surface area (Å²) in [6, 6.07) is 10.1. The van der Waals surface area contributed by atoms with Gasteiger partial charge in [-0.15, -0.1) is 0 Å². The summed E-state index contributed by atoms with van der Waals surface area (Å²) in [5, 5.41) is 4.17. The maximum Gasteiger partial charge on any atom is 0.255 e. The molecule has 5 nitrogen and oxygen atoms in total. The summed E-state index contributed by atoms with van der Waals surface area (Å²) in [6.07, 6.45) is 5.99. The number of hydrogen-bond donors (Lipinski definition) is 1. The lowest BCUT2D eigenvalue weighted by Gasteiger charge is -2.30. The molecule has 0 radical (unpaired) electrons. The molecule has 2 aromatic rings. The first-order valence-corrected chi connectivity index (χ1v) is 10.9. The van der Waals surface area contributed by atoms with Gasteiger partial charge in [-0.25, -0.2) is 4.98 Å². The van der Waals surface area contributed by atoms with Crippen LogP contribution in [0.1, 0.15) is 49.4 Å². The van der Waals surface area contributed by atoms with Crippen molar-refractivity contribution < 1.29 is 4.79 Å². The number of benzene rings is 1. The van der Waals surface area contributed by atoms with Crippen LogP contribution in [-0.2, 0) is 0 Å². The quantitative estimate of drug-likeness (QED) is 0.777. The fraction of sp³-hybridized carbons (Fsp3) is 0.565. The highest BCUT2D eigenvalue weighted by molar-refractivity contribution is 6.02. The number of rotatable bonds is 6. The average molecular weight is 381 g/mol. The zero-order valence-electron chi connectivity index (χ0n) is 17.0. The smallest absolute Gasteiger partial charge is 0.255 e. The van der Waals surface area contributed by atoms with Gasteiger partial charge >= 0.3 is 0 Å². The van der Waals surface area contributed by atoms with Crippen molar-refractivity contribution in [2.24, 2.45) is 5.92 Å². The van der Waals surface area contributed by atoms with Gasteiger partial charge in [0.25, 0.3) is 5.91 Å². The van der Waals surface area contributed by atoms with E-state index < -0.39 is 0 Å². The molecule has 1 aromatic carbocycles. The fourth-order valence-electron chi connectivity index (χ4n) is 4.53. The van der Waals surface area contributed by atoms with E-state index in [0.717, 1.165) is 55.2 Å².